The molecule has 0 aliphatic carbocycles. The van der Waals surface area contributed by atoms with Gasteiger partial charge in [-0.05, 0) is 36.2 Å². The number of carbonyl (C=O) groups is 1. The molecule has 25 heavy (non-hydrogen) atoms. The summed E-state index contributed by atoms with van der Waals surface area (Å²) in [5, 5.41) is 2.24. The van der Waals surface area contributed by atoms with Gasteiger partial charge in [-0.15, -0.1) is 0 Å². The van der Waals surface area contributed by atoms with Gasteiger partial charge in [0.1, 0.15) is 0 Å². The highest BCUT2D eigenvalue weighted by Gasteiger charge is 2.12. The Labute approximate surface area is 149 Å². The number of carbonyl (C=O) groups excluding carboxylic acids is 1. The molecule has 3 aromatic carbocycles. The molecule has 0 aliphatic rings. The van der Waals surface area contributed by atoms with Crippen molar-refractivity contribution in [1.82, 2.24) is 4.90 Å². The van der Waals surface area contributed by atoms with Crippen LogP contribution in [0.4, 0.5) is 0 Å². The molecule has 126 valence electrons. The highest BCUT2D eigenvalue weighted by Crippen LogP contribution is 2.21. The summed E-state index contributed by atoms with van der Waals surface area (Å²) in [5.74, 6) is 0.0384. The largest absolute Gasteiger partial charge is 0.371 e. The van der Waals surface area contributed by atoms with Crippen molar-refractivity contribution in [2.45, 2.75) is 13.8 Å². The zero-order chi connectivity index (χ0) is 17.6. The third-order valence-electron chi connectivity index (χ3n) is 4.48. The lowest BCUT2D eigenvalue weighted by Crippen LogP contribution is -2.22. The predicted octanol–water partition coefficient (Wildman–Crippen LogP) is 5.41. The van der Waals surface area contributed by atoms with Gasteiger partial charge in [0.2, 0.25) is 0 Å². The number of ketones is 1. The van der Waals surface area contributed by atoms with Crippen molar-refractivity contribution in [3.05, 3.63) is 90.0 Å². The number of allylic oxidation sites excluding steroid dienone is 1. The number of rotatable bonds is 6. The third-order valence-corrected chi connectivity index (χ3v) is 4.48. The molecule has 0 saturated heterocycles. The summed E-state index contributed by atoms with van der Waals surface area (Å²) in [7, 11) is 0. The van der Waals surface area contributed by atoms with E-state index in [2.05, 4.69) is 36.9 Å². The van der Waals surface area contributed by atoms with Gasteiger partial charge in [-0.25, -0.2) is 0 Å². The van der Waals surface area contributed by atoms with Crippen LogP contribution < -0.4 is 0 Å². The van der Waals surface area contributed by atoms with Crippen molar-refractivity contribution in [2.75, 3.05) is 13.1 Å². The second-order valence-electron chi connectivity index (χ2n) is 5.99. The van der Waals surface area contributed by atoms with E-state index in [9.17, 15) is 4.79 Å². The summed E-state index contributed by atoms with van der Waals surface area (Å²) in [5.41, 5.74) is 2.77. The smallest absolute Gasteiger partial charge is 0.187 e. The van der Waals surface area contributed by atoms with Crippen LogP contribution in [0.3, 0.4) is 0 Å². The van der Waals surface area contributed by atoms with Crippen LogP contribution in [-0.2, 0) is 0 Å². The Morgan fingerprint density at radius 2 is 1.44 bits per heavy atom. The van der Waals surface area contributed by atoms with Crippen LogP contribution in [0.2, 0.25) is 0 Å². The molecule has 0 amide bonds. The fourth-order valence-electron chi connectivity index (χ4n) is 3.08. The molecule has 2 heteroatoms. The van der Waals surface area contributed by atoms with Crippen LogP contribution in [0.5, 0.6) is 0 Å². The van der Waals surface area contributed by atoms with Crippen LogP contribution in [0.15, 0.2) is 78.9 Å². The molecule has 0 fully saturated rings. The van der Waals surface area contributed by atoms with E-state index in [1.165, 1.54) is 0 Å². The standard InChI is InChI=1S/C23H23NO/c1-3-24(4-2)22(19-11-6-5-7-12-19)17-23(25)21-15-14-18-10-8-9-13-20(18)16-21/h5-17H,3-4H2,1-2H3/b22-17-. The van der Waals surface area contributed by atoms with Gasteiger partial charge in [0.25, 0.3) is 0 Å². The Bertz CT molecular complexity index is 892. The van der Waals surface area contributed by atoms with E-state index in [-0.39, 0.29) is 5.78 Å². The van der Waals surface area contributed by atoms with Crippen LogP contribution in [0.25, 0.3) is 16.5 Å². The van der Waals surface area contributed by atoms with Crippen molar-refractivity contribution >= 4 is 22.3 Å². The topological polar surface area (TPSA) is 20.3 Å². The summed E-state index contributed by atoms with van der Waals surface area (Å²) < 4.78 is 0. The highest BCUT2D eigenvalue weighted by atomic mass is 16.1. The SMILES string of the molecule is CCN(CC)/C(=C\C(=O)c1ccc2ccccc2c1)c1ccccc1. The second kappa shape index (κ2) is 7.80. The zero-order valence-electron chi connectivity index (χ0n) is 14.8. The average molecular weight is 329 g/mol. The molecule has 2 nitrogen and oxygen atoms in total. The number of hydrogen-bond acceptors (Lipinski definition) is 2. The number of benzene rings is 3. The summed E-state index contributed by atoms with van der Waals surface area (Å²) >= 11 is 0. The van der Waals surface area contributed by atoms with Crippen molar-refractivity contribution in [1.29, 1.82) is 0 Å². The summed E-state index contributed by atoms with van der Waals surface area (Å²) in [4.78, 5) is 15.1. The fourth-order valence-corrected chi connectivity index (χ4v) is 3.08. The summed E-state index contributed by atoms with van der Waals surface area (Å²) in [6.45, 7) is 5.95. The predicted molar refractivity (Wildman–Crippen MR) is 106 cm³/mol. The number of fused-ring (bicyclic) bond motifs is 1. The van der Waals surface area contributed by atoms with Crippen molar-refractivity contribution in [2.24, 2.45) is 0 Å². The molecule has 0 aliphatic heterocycles. The molecule has 0 N–H and O–H groups in total. The van der Waals surface area contributed by atoms with Gasteiger partial charge < -0.3 is 4.90 Å². The van der Waals surface area contributed by atoms with E-state index in [4.69, 9.17) is 0 Å². The van der Waals surface area contributed by atoms with Crippen molar-refractivity contribution in [3.8, 4) is 0 Å². The molecular formula is C23H23NO. The minimum atomic E-state index is 0.0384. The first-order valence-electron chi connectivity index (χ1n) is 8.78. The number of nitrogens with zero attached hydrogens (tertiary/aromatic N) is 1. The van der Waals surface area contributed by atoms with E-state index in [1.54, 1.807) is 6.08 Å². The molecule has 0 radical (unpaired) electrons. The lowest BCUT2D eigenvalue weighted by molar-refractivity contribution is 0.104. The van der Waals surface area contributed by atoms with Crippen LogP contribution >= 0.6 is 0 Å². The first-order valence-corrected chi connectivity index (χ1v) is 8.78. The highest BCUT2D eigenvalue weighted by molar-refractivity contribution is 6.10. The van der Waals surface area contributed by atoms with Gasteiger partial charge in [-0.2, -0.15) is 0 Å². The molecule has 0 spiro atoms. The Hall–Kier alpha value is -2.87. The molecular weight excluding hydrogens is 306 g/mol. The Kier molecular flexibility index (Phi) is 5.30. The fraction of sp³-hybridized carbons (Fsp3) is 0.174. The monoisotopic (exact) mass is 329 g/mol. The Morgan fingerprint density at radius 3 is 2.12 bits per heavy atom. The van der Waals surface area contributed by atoms with Crippen LogP contribution in [0.1, 0.15) is 29.8 Å². The Balaban J connectivity index is 2.01. The molecule has 0 unspecified atom stereocenters. The maximum atomic E-state index is 12.9. The minimum Gasteiger partial charge on any atom is -0.371 e. The van der Waals surface area contributed by atoms with Gasteiger partial charge >= 0.3 is 0 Å². The van der Waals surface area contributed by atoms with Crippen LogP contribution in [-0.4, -0.2) is 23.8 Å². The van der Waals surface area contributed by atoms with Crippen molar-refractivity contribution < 1.29 is 4.79 Å². The lowest BCUT2D eigenvalue weighted by Gasteiger charge is -2.24. The van der Waals surface area contributed by atoms with Gasteiger partial charge in [0.05, 0.1) is 0 Å². The quantitative estimate of drug-likeness (QED) is 0.445. The molecule has 0 saturated carbocycles. The van der Waals surface area contributed by atoms with Gasteiger partial charge in [0, 0.05) is 30.4 Å². The molecule has 0 atom stereocenters. The maximum absolute atomic E-state index is 12.9. The van der Waals surface area contributed by atoms with E-state index in [0.29, 0.717) is 0 Å². The van der Waals surface area contributed by atoms with E-state index in [0.717, 1.165) is 40.7 Å². The average Bonchev–Trinajstić information content (AvgIpc) is 2.68. The molecule has 3 aromatic rings. The van der Waals surface area contributed by atoms with E-state index >= 15 is 0 Å². The first kappa shape index (κ1) is 17.0. The summed E-state index contributed by atoms with van der Waals surface area (Å²) in [6.07, 6.45) is 1.77. The van der Waals surface area contributed by atoms with E-state index < -0.39 is 0 Å². The molecule has 0 aromatic heterocycles. The zero-order valence-corrected chi connectivity index (χ0v) is 14.8. The number of hydrogen-bond donors (Lipinski definition) is 0. The normalized spacial score (nSPS) is 11.5. The van der Waals surface area contributed by atoms with Crippen molar-refractivity contribution in [3.63, 3.8) is 0 Å². The minimum absolute atomic E-state index is 0.0384. The van der Waals surface area contributed by atoms with E-state index in [1.807, 2.05) is 54.6 Å². The lowest BCUT2D eigenvalue weighted by atomic mass is 10.0. The van der Waals surface area contributed by atoms with Gasteiger partial charge in [-0.1, -0.05) is 66.7 Å². The Morgan fingerprint density at radius 1 is 0.800 bits per heavy atom. The second-order valence-corrected chi connectivity index (χ2v) is 5.99. The molecule has 0 bridgehead atoms. The first-order chi connectivity index (χ1) is 12.2. The molecule has 3 rings (SSSR count). The third kappa shape index (κ3) is 3.80. The maximum Gasteiger partial charge on any atom is 0.187 e. The molecule has 0 heterocycles. The van der Waals surface area contributed by atoms with Crippen LogP contribution in [0, 0.1) is 0 Å². The van der Waals surface area contributed by atoms with Gasteiger partial charge in [-0.3, -0.25) is 4.79 Å². The summed E-state index contributed by atoms with van der Waals surface area (Å²) in [6, 6.07) is 24.1. The van der Waals surface area contributed by atoms with Gasteiger partial charge in [0.15, 0.2) is 5.78 Å².